The van der Waals surface area contributed by atoms with Crippen LogP contribution in [0.5, 0.6) is 0 Å². The third kappa shape index (κ3) is 2.64. The summed E-state index contributed by atoms with van der Waals surface area (Å²) in [6, 6.07) is 3.85. The van der Waals surface area contributed by atoms with Crippen LogP contribution in [0, 0.1) is 5.82 Å². The molecule has 2 nitrogen and oxygen atoms in total. The van der Waals surface area contributed by atoms with Crippen molar-refractivity contribution in [1.82, 2.24) is 0 Å². The van der Waals surface area contributed by atoms with Gasteiger partial charge in [0.15, 0.2) is 5.78 Å². The van der Waals surface area contributed by atoms with Gasteiger partial charge in [0.1, 0.15) is 11.9 Å². The summed E-state index contributed by atoms with van der Waals surface area (Å²) in [7, 11) is 0. The van der Waals surface area contributed by atoms with Crippen molar-refractivity contribution in [2.24, 2.45) is 0 Å². The molecule has 0 fully saturated rings. The number of carbonyl (C=O) groups excluding carboxylic acids is 1. The van der Waals surface area contributed by atoms with E-state index in [1.54, 1.807) is 0 Å². The molecule has 1 atom stereocenters. The number of carbonyl (C=O) groups is 1. The fourth-order valence-electron chi connectivity index (χ4n) is 1.10. The third-order valence-electron chi connectivity index (χ3n) is 2.04. The van der Waals surface area contributed by atoms with E-state index >= 15 is 0 Å². The summed E-state index contributed by atoms with van der Waals surface area (Å²) in [5.41, 5.74) is -0.0455. The number of aliphatic hydroxyl groups is 1. The van der Waals surface area contributed by atoms with Gasteiger partial charge >= 0.3 is 0 Å². The highest BCUT2D eigenvalue weighted by Gasteiger charge is 2.18. The molecule has 0 saturated carbocycles. The second kappa shape index (κ2) is 4.55. The molecule has 0 radical (unpaired) electrons. The molecule has 0 aliphatic carbocycles. The van der Waals surface area contributed by atoms with Gasteiger partial charge in [0, 0.05) is 16.2 Å². The summed E-state index contributed by atoms with van der Waals surface area (Å²) in [6.45, 7) is 4.66. The van der Waals surface area contributed by atoms with Gasteiger partial charge in [-0.25, -0.2) is 4.39 Å². The van der Waals surface area contributed by atoms with Crippen molar-refractivity contribution in [2.75, 3.05) is 0 Å². The highest BCUT2D eigenvalue weighted by molar-refractivity contribution is 6.30. The fraction of sp³-hybridized carbons (Fsp3) is 0.182. The van der Waals surface area contributed by atoms with E-state index in [0.717, 1.165) is 6.07 Å². The summed E-state index contributed by atoms with van der Waals surface area (Å²) in [5.74, 6) is -1.03. The number of benzene rings is 1. The largest absolute Gasteiger partial charge is 0.383 e. The number of hydrogen-bond donors (Lipinski definition) is 1. The van der Waals surface area contributed by atoms with Crippen LogP contribution in [-0.2, 0) is 4.79 Å². The average molecular weight is 229 g/mol. The second-order valence-electron chi connectivity index (χ2n) is 3.15. The first kappa shape index (κ1) is 11.9. The van der Waals surface area contributed by atoms with E-state index in [9.17, 15) is 14.3 Å². The van der Waals surface area contributed by atoms with Crippen molar-refractivity contribution in [3.05, 3.63) is 46.8 Å². The molecule has 0 bridgehead atoms. The van der Waals surface area contributed by atoms with Gasteiger partial charge in [-0.05, 0) is 19.1 Å². The summed E-state index contributed by atoms with van der Waals surface area (Å²) < 4.78 is 13.3. The lowest BCUT2D eigenvalue weighted by Crippen LogP contribution is -2.09. The van der Waals surface area contributed by atoms with Gasteiger partial charge in [0.25, 0.3) is 0 Å². The Kier molecular flexibility index (Phi) is 3.61. The lowest BCUT2D eigenvalue weighted by molar-refractivity contribution is -0.114. The van der Waals surface area contributed by atoms with Crippen molar-refractivity contribution >= 4 is 17.4 Å². The van der Waals surface area contributed by atoms with Crippen LogP contribution in [0.3, 0.4) is 0 Å². The summed E-state index contributed by atoms with van der Waals surface area (Å²) in [5, 5.41) is 9.86. The van der Waals surface area contributed by atoms with Crippen LogP contribution in [-0.4, -0.2) is 10.9 Å². The molecule has 0 amide bonds. The molecule has 1 aromatic carbocycles. The Hall–Kier alpha value is -1.19. The molecule has 1 N–H and O–H groups in total. The number of ketones is 1. The van der Waals surface area contributed by atoms with Crippen LogP contribution in [0.2, 0.25) is 5.02 Å². The first-order chi connectivity index (χ1) is 6.93. The van der Waals surface area contributed by atoms with Gasteiger partial charge in [-0.2, -0.15) is 0 Å². The van der Waals surface area contributed by atoms with Crippen LogP contribution >= 0.6 is 11.6 Å². The Morgan fingerprint density at radius 1 is 1.60 bits per heavy atom. The molecule has 0 aromatic heterocycles. The Morgan fingerprint density at radius 3 is 2.67 bits per heavy atom. The van der Waals surface area contributed by atoms with E-state index < -0.39 is 11.9 Å². The normalized spacial score (nSPS) is 12.3. The van der Waals surface area contributed by atoms with E-state index in [1.165, 1.54) is 19.1 Å². The molecule has 1 rings (SSSR count). The SMILES string of the molecule is C=C(C(C)=O)C(O)c1ccc(Cl)cc1F. The van der Waals surface area contributed by atoms with Crippen LogP contribution in [0.1, 0.15) is 18.6 Å². The Balaban J connectivity index is 3.06. The highest BCUT2D eigenvalue weighted by Crippen LogP contribution is 2.25. The van der Waals surface area contributed by atoms with E-state index in [1.807, 2.05) is 0 Å². The first-order valence-electron chi connectivity index (χ1n) is 4.26. The Labute approximate surface area is 92.0 Å². The molecule has 80 valence electrons. The summed E-state index contributed by atoms with van der Waals surface area (Å²) in [4.78, 5) is 10.9. The van der Waals surface area contributed by atoms with E-state index in [-0.39, 0.29) is 21.9 Å². The zero-order chi connectivity index (χ0) is 11.6. The van der Waals surface area contributed by atoms with Crippen molar-refractivity contribution < 1.29 is 14.3 Å². The predicted molar refractivity (Wildman–Crippen MR) is 56.2 cm³/mol. The molecule has 0 aliphatic rings. The molecular formula is C11H10ClFO2. The van der Waals surface area contributed by atoms with E-state index in [4.69, 9.17) is 11.6 Å². The van der Waals surface area contributed by atoms with Gasteiger partial charge in [-0.15, -0.1) is 0 Å². The van der Waals surface area contributed by atoms with Crippen LogP contribution < -0.4 is 0 Å². The lowest BCUT2D eigenvalue weighted by atomic mass is 10.00. The molecule has 0 heterocycles. The Bertz CT molecular complexity index is 415. The molecule has 1 aromatic rings. The minimum atomic E-state index is -1.32. The minimum absolute atomic E-state index is 0.000370. The van der Waals surface area contributed by atoms with Crippen LogP contribution in [0.15, 0.2) is 30.4 Å². The fourth-order valence-corrected chi connectivity index (χ4v) is 1.26. The second-order valence-corrected chi connectivity index (χ2v) is 3.59. The number of aliphatic hydroxyl groups excluding tert-OH is 1. The maximum Gasteiger partial charge on any atom is 0.158 e. The number of halogens is 2. The van der Waals surface area contributed by atoms with Crippen molar-refractivity contribution in [3.63, 3.8) is 0 Å². The van der Waals surface area contributed by atoms with E-state index in [2.05, 4.69) is 6.58 Å². The zero-order valence-corrected chi connectivity index (χ0v) is 8.88. The third-order valence-corrected chi connectivity index (χ3v) is 2.27. The van der Waals surface area contributed by atoms with Gasteiger partial charge in [-0.3, -0.25) is 4.79 Å². The molecule has 1 unspecified atom stereocenters. The van der Waals surface area contributed by atoms with Crippen molar-refractivity contribution in [3.8, 4) is 0 Å². The topological polar surface area (TPSA) is 37.3 Å². The molecule has 0 aliphatic heterocycles. The molecular weight excluding hydrogens is 219 g/mol. The van der Waals surface area contributed by atoms with Crippen LogP contribution in [0.4, 0.5) is 4.39 Å². The summed E-state index contributed by atoms with van der Waals surface area (Å²) >= 11 is 5.55. The van der Waals surface area contributed by atoms with Crippen molar-refractivity contribution in [1.29, 1.82) is 0 Å². The molecule has 0 spiro atoms. The maximum atomic E-state index is 13.3. The minimum Gasteiger partial charge on any atom is -0.383 e. The highest BCUT2D eigenvalue weighted by atomic mass is 35.5. The van der Waals surface area contributed by atoms with Crippen LogP contribution in [0.25, 0.3) is 0 Å². The first-order valence-corrected chi connectivity index (χ1v) is 4.64. The predicted octanol–water partition coefficient (Wildman–Crippen LogP) is 2.66. The smallest absolute Gasteiger partial charge is 0.158 e. The lowest BCUT2D eigenvalue weighted by Gasteiger charge is -2.12. The molecule has 15 heavy (non-hydrogen) atoms. The van der Waals surface area contributed by atoms with Gasteiger partial charge in [0.05, 0.1) is 0 Å². The molecule has 4 heteroatoms. The standard InChI is InChI=1S/C11H10ClFO2/c1-6(7(2)14)11(15)9-4-3-8(12)5-10(9)13/h3-5,11,15H,1H2,2H3. The quantitative estimate of drug-likeness (QED) is 0.808. The number of hydrogen-bond acceptors (Lipinski definition) is 2. The van der Waals surface area contributed by atoms with E-state index in [0.29, 0.717) is 0 Å². The number of rotatable bonds is 3. The zero-order valence-electron chi connectivity index (χ0n) is 8.13. The monoisotopic (exact) mass is 228 g/mol. The maximum absolute atomic E-state index is 13.3. The Morgan fingerprint density at radius 2 is 2.20 bits per heavy atom. The van der Waals surface area contributed by atoms with Crippen molar-refractivity contribution in [2.45, 2.75) is 13.0 Å². The number of Topliss-reactive ketones (excluding diaryl/α,β-unsaturated/α-hetero) is 1. The van der Waals surface area contributed by atoms with Gasteiger partial charge in [0.2, 0.25) is 0 Å². The van der Waals surface area contributed by atoms with Gasteiger partial charge < -0.3 is 5.11 Å². The molecule has 0 saturated heterocycles. The van der Waals surface area contributed by atoms with Gasteiger partial charge in [-0.1, -0.05) is 24.2 Å². The average Bonchev–Trinajstić information content (AvgIpc) is 2.15. The summed E-state index contributed by atoms with van der Waals surface area (Å²) in [6.07, 6.45) is -1.32.